The molecule has 3 rings (SSSR count). The van der Waals surface area contributed by atoms with Crippen molar-refractivity contribution in [1.29, 1.82) is 0 Å². The SMILES string of the molecule is O=[N+]([O-])c1ccc(Nc2ccc(N=Nc3ccc([O-])cc3)cc2)c([S+](=O)(O)O)c1. The van der Waals surface area contributed by atoms with Gasteiger partial charge in [0.25, 0.3) is 10.6 Å². The Hall–Kier alpha value is -3.67. The first-order chi connectivity index (χ1) is 13.7. The fourth-order valence-corrected chi connectivity index (χ4v) is 3.02. The van der Waals surface area contributed by atoms with E-state index in [9.17, 15) is 28.5 Å². The van der Waals surface area contributed by atoms with Crippen molar-refractivity contribution in [3.05, 3.63) is 76.8 Å². The first kappa shape index (κ1) is 20.1. The highest BCUT2D eigenvalue weighted by molar-refractivity contribution is 7.92. The number of benzene rings is 3. The predicted molar refractivity (Wildman–Crippen MR) is 104 cm³/mol. The minimum Gasteiger partial charge on any atom is -0.872 e. The lowest BCUT2D eigenvalue weighted by atomic mass is 10.2. The summed E-state index contributed by atoms with van der Waals surface area (Å²) in [6.45, 7) is 0. The van der Waals surface area contributed by atoms with Gasteiger partial charge in [-0.1, -0.05) is 12.1 Å². The molecule has 0 aliphatic rings. The molecule has 29 heavy (non-hydrogen) atoms. The second kappa shape index (κ2) is 8.14. The van der Waals surface area contributed by atoms with Crippen molar-refractivity contribution in [3.63, 3.8) is 0 Å². The van der Waals surface area contributed by atoms with Crippen LogP contribution in [0.4, 0.5) is 28.4 Å². The molecule has 0 heterocycles. The first-order valence-electron chi connectivity index (χ1n) is 8.06. The number of hydrogen-bond donors (Lipinski definition) is 3. The Bertz CT molecular complexity index is 1110. The summed E-state index contributed by atoms with van der Waals surface area (Å²) in [6, 6.07) is 15.5. The van der Waals surface area contributed by atoms with Crippen molar-refractivity contribution < 1.29 is 23.3 Å². The fraction of sp³-hybridized carbons (Fsp3) is 0. The molecule has 148 valence electrons. The van der Waals surface area contributed by atoms with E-state index in [1.54, 1.807) is 36.4 Å². The van der Waals surface area contributed by atoms with Gasteiger partial charge in [0.1, 0.15) is 5.69 Å². The first-order valence-corrected chi connectivity index (χ1v) is 9.53. The van der Waals surface area contributed by atoms with Gasteiger partial charge < -0.3 is 10.4 Å². The van der Waals surface area contributed by atoms with Crippen LogP contribution in [0.5, 0.6) is 5.75 Å². The summed E-state index contributed by atoms with van der Waals surface area (Å²) in [5.41, 5.74) is 1.12. The zero-order chi connectivity index (χ0) is 21.0. The second-order valence-corrected chi connectivity index (χ2v) is 7.23. The van der Waals surface area contributed by atoms with E-state index >= 15 is 0 Å². The van der Waals surface area contributed by atoms with Gasteiger partial charge in [0, 0.05) is 11.8 Å². The van der Waals surface area contributed by atoms with E-state index in [1.807, 2.05) is 0 Å². The van der Waals surface area contributed by atoms with E-state index in [-0.39, 0.29) is 11.4 Å². The predicted octanol–water partition coefficient (Wildman–Crippen LogP) is 4.63. The maximum absolute atomic E-state index is 11.7. The molecule has 10 nitrogen and oxygen atoms in total. The van der Waals surface area contributed by atoms with E-state index in [2.05, 4.69) is 15.5 Å². The number of rotatable bonds is 6. The van der Waals surface area contributed by atoms with Crippen LogP contribution >= 0.6 is 0 Å². The van der Waals surface area contributed by atoms with Crippen molar-refractivity contribution in [2.75, 3.05) is 5.32 Å². The summed E-state index contributed by atoms with van der Waals surface area (Å²) in [4.78, 5) is 9.63. The molecule has 0 bridgehead atoms. The maximum atomic E-state index is 11.7. The highest BCUT2D eigenvalue weighted by atomic mass is 32.3. The summed E-state index contributed by atoms with van der Waals surface area (Å²) >= 11 is 0. The lowest BCUT2D eigenvalue weighted by Crippen LogP contribution is -2.10. The topological polar surface area (TPSA) is 160 Å². The van der Waals surface area contributed by atoms with Gasteiger partial charge in [0.05, 0.1) is 22.4 Å². The Morgan fingerprint density at radius 1 is 0.897 bits per heavy atom. The van der Waals surface area contributed by atoms with Gasteiger partial charge in [0.15, 0.2) is 0 Å². The summed E-state index contributed by atoms with van der Waals surface area (Å²) in [5.74, 6) is -0.125. The van der Waals surface area contributed by atoms with Crippen LogP contribution in [-0.4, -0.2) is 14.0 Å². The standard InChI is InChI=1S/C18H14N4O6S/c23-16-8-5-14(6-9-16)21-20-13-3-1-12(2-4-13)19-17-10-7-15(22(24)25)11-18(17)29(26,27)28/h1-11H,(H3-,19,20,21,23,26,27,28). The normalized spacial score (nSPS) is 11.5. The number of azo groups is 1. The van der Waals surface area contributed by atoms with Crippen LogP contribution in [0.15, 0.2) is 81.9 Å². The average molecular weight is 414 g/mol. The molecule has 0 radical (unpaired) electrons. The van der Waals surface area contributed by atoms with Crippen LogP contribution in [0.3, 0.4) is 0 Å². The zero-order valence-corrected chi connectivity index (χ0v) is 15.4. The van der Waals surface area contributed by atoms with Gasteiger partial charge in [0.2, 0.25) is 0 Å². The van der Waals surface area contributed by atoms with E-state index in [0.717, 1.165) is 12.1 Å². The number of anilines is 2. The van der Waals surface area contributed by atoms with E-state index in [0.29, 0.717) is 17.1 Å². The lowest BCUT2D eigenvalue weighted by molar-refractivity contribution is -0.385. The second-order valence-electron chi connectivity index (χ2n) is 5.80. The molecule has 0 saturated carbocycles. The van der Waals surface area contributed by atoms with Gasteiger partial charge in [-0.05, 0) is 46.7 Å². The third-order valence-electron chi connectivity index (χ3n) is 3.73. The third kappa shape index (κ3) is 5.19. The van der Waals surface area contributed by atoms with Gasteiger partial charge in [-0.3, -0.25) is 10.1 Å². The molecule has 0 fully saturated rings. The fourth-order valence-electron chi connectivity index (χ4n) is 2.34. The monoisotopic (exact) mass is 414 g/mol. The van der Waals surface area contributed by atoms with E-state index < -0.39 is 26.0 Å². The highest BCUT2D eigenvalue weighted by Crippen LogP contribution is 2.31. The Morgan fingerprint density at radius 3 is 1.97 bits per heavy atom. The van der Waals surface area contributed by atoms with E-state index in [1.165, 1.54) is 18.2 Å². The Labute approximate surface area is 165 Å². The molecule has 3 N–H and O–H groups in total. The quantitative estimate of drug-likeness (QED) is 0.229. The molecule has 3 aromatic carbocycles. The molecule has 0 aliphatic heterocycles. The van der Waals surface area contributed by atoms with Crippen LogP contribution in [0, 0.1) is 10.1 Å². The lowest BCUT2D eigenvalue weighted by Gasteiger charge is -2.08. The highest BCUT2D eigenvalue weighted by Gasteiger charge is 2.32. The summed E-state index contributed by atoms with van der Waals surface area (Å²) in [7, 11) is -4.43. The van der Waals surface area contributed by atoms with E-state index in [4.69, 9.17) is 0 Å². The van der Waals surface area contributed by atoms with Crippen molar-refractivity contribution >= 4 is 38.9 Å². The summed E-state index contributed by atoms with van der Waals surface area (Å²) in [6.07, 6.45) is 0. The summed E-state index contributed by atoms with van der Waals surface area (Å²) in [5, 5.41) is 32.8. The Kier molecular flexibility index (Phi) is 5.64. The number of nitrogens with one attached hydrogen (secondary N) is 1. The molecular formula is C18H14N4O6S. The number of nitro benzene ring substituents is 1. The molecule has 3 aromatic rings. The van der Waals surface area contributed by atoms with Crippen molar-refractivity contribution in [3.8, 4) is 5.75 Å². The largest absolute Gasteiger partial charge is 0.872 e. The molecule has 0 amide bonds. The number of nitrogens with zero attached hydrogens (tertiary/aromatic N) is 3. The number of nitro groups is 1. The van der Waals surface area contributed by atoms with Gasteiger partial charge >= 0.3 is 10.5 Å². The minimum atomic E-state index is -4.43. The van der Waals surface area contributed by atoms with Gasteiger partial charge in [-0.2, -0.15) is 19.3 Å². The maximum Gasteiger partial charge on any atom is 0.388 e. The molecule has 0 aliphatic carbocycles. The Morgan fingerprint density at radius 2 is 1.45 bits per heavy atom. The molecule has 0 spiro atoms. The van der Waals surface area contributed by atoms with Crippen LogP contribution < -0.4 is 10.4 Å². The van der Waals surface area contributed by atoms with Crippen molar-refractivity contribution in [2.45, 2.75) is 4.90 Å². The smallest absolute Gasteiger partial charge is 0.388 e. The summed E-state index contributed by atoms with van der Waals surface area (Å²) < 4.78 is 30.6. The number of non-ortho nitro benzene ring substituents is 1. The van der Waals surface area contributed by atoms with Gasteiger partial charge in [-0.25, -0.2) is 0 Å². The Balaban J connectivity index is 1.80. The minimum absolute atomic E-state index is 0.0395. The molecule has 0 saturated heterocycles. The van der Waals surface area contributed by atoms with Crippen LogP contribution in [-0.2, 0) is 14.7 Å². The average Bonchev–Trinajstić information content (AvgIpc) is 2.68. The van der Waals surface area contributed by atoms with Crippen molar-refractivity contribution in [1.82, 2.24) is 0 Å². The van der Waals surface area contributed by atoms with Crippen LogP contribution in [0.1, 0.15) is 0 Å². The molecule has 11 heteroatoms. The van der Waals surface area contributed by atoms with Crippen LogP contribution in [0.2, 0.25) is 0 Å². The number of hydrogen-bond acceptors (Lipinski definition) is 7. The zero-order valence-electron chi connectivity index (χ0n) is 14.6. The molecule has 0 unspecified atom stereocenters. The third-order valence-corrected chi connectivity index (χ3v) is 4.64. The van der Waals surface area contributed by atoms with Crippen molar-refractivity contribution in [2.24, 2.45) is 10.2 Å². The van der Waals surface area contributed by atoms with Gasteiger partial charge in [-0.15, -0.1) is 5.75 Å². The van der Waals surface area contributed by atoms with Crippen LogP contribution in [0.25, 0.3) is 0 Å². The molecule has 0 aromatic heterocycles. The molecule has 0 atom stereocenters. The molecular weight excluding hydrogens is 400 g/mol.